The van der Waals surface area contributed by atoms with E-state index in [1.165, 1.54) is 29.1 Å². The summed E-state index contributed by atoms with van der Waals surface area (Å²) < 4.78 is 7.96. The van der Waals surface area contributed by atoms with Gasteiger partial charge in [0.2, 0.25) is 0 Å². The van der Waals surface area contributed by atoms with Crippen LogP contribution in [-0.2, 0) is 6.61 Å². The predicted molar refractivity (Wildman–Crippen MR) is 139 cm³/mol. The van der Waals surface area contributed by atoms with Crippen LogP contribution in [0, 0.1) is 10.1 Å². The fraction of sp³-hybridized carbons (Fsp3) is 0.192. The van der Waals surface area contributed by atoms with Crippen molar-refractivity contribution in [2.45, 2.75) is 32.8 Å². The van der Waals surface area contributed by atoms with Crippen LogP contribution in [0.5, 0.6) is 5.75 Å². The van der Waals surface area contributed by atoms with E-state index in [9.17, 15) is 14.9 Å². The molecule has 0 radical (unpaired) electrons. The molecule has 1 atom stereocenters. The van der Waals surface area contributed by atoms with Gasteiger partial charge < -0.3 is 4.74 Å². The van der Waals surface area contributed by atoms with Gasteiger partial charge >= 0.3 is 0 Å². The number of fused-ring (bicyclic) bond motifs is 1. The highest BCUT2D eigenvalue weighted by atomic mass is 79.9. The maximum absolute atomic E-state index is 13.4. The summed E-state index contributed by atoms with van der Waals surface area (Å²) in [6, 6.07) is 19.2. The topological polar surface area (TPSA) is 99.6 Å². The van der Waals surface area contributed by atoms with E-state index in [4.69, 9.17) is 9.72 Å². The number of hydrogen-bond donors (Lipinski definition) is 0. The monoisotopic (exact) mass is 534 g/mol. The summed E-state index contributed by atoms with van der Waals surface area (Å²) in [5, 5.41) is 16.2. The van der Waals surface area contributed by atoms with Gasteiger partial charge in [-0.2, -0.15) is 9.78 Å². The zero-order valence-electron chi connectivity index (χ0n) is 19.2. The van der Waals surface area contributed by atoms with Crippen LogP contribution in [0.15, 0.2) is 81.1 Å². The van der Waals surface area contributed by atoms with E-state index in [-0.39, 0.29) is 23.8 Å². The van der Waals surface area contributed by atoms with Gasteiger partial charge in [0.15, 0.2) is 0 Å². The van der Waals surface area contributed by atoms with Crippen molar-refractivity contribution >= 4 is 38.7 Å². The van der Waals surface area contributed by atoms with Crippen molar-refractivity contribution in [1.82, 2.24) is 9.66 Å². The number of nitro benzene ring substituents is 1. The second-order valence-corrected chi connectivity index (χ2v) is 8.97. The Morgan fingerprint density at radius 1 is 1.17 bits per heavy atom. The number of nitro groups is 1. The Morgan fingerprint density at radius 3 is 2.66 bits per heavy atom. The van der Waals surface area contributed by atoms with E-state index in [2.05, 4.69) is 21.0 Å². The normalized spacial score (nSPS) is 12.2. The Kier molecular flexibility index (Phi) is 7.36. The number of non-ortho nitro benzene ring substituents is 1. The number of aromatic nitrogens is 2. The number of benzene rings is 3. The molecule has 0 spiro atoms. The lowest BCUT2D eigenvalue weighted by Crippen LogP contribution is -2.23. The average Bonchev–Trinajstić information content (AvgIpc) is 2.87. The van der Waals surface area contributed by atoms with Gasteiger partial charge in [0, 0.05) is 28.1 Å². The highest BCUT2D eigenvalue weighted by Gasteiger charge is 2.16. The molecule has 8 nitrogen and oxygen atoms in total. The maximum Gasteiger partial charge on any atom is 0.282 e. The maximum atomic E-state index is 13.4. The van der Waals surface area contributed by atoms with E-state index in [1.54, 1.807) is 12.1 Å². The smallest absolute Gasteiger partial charge is 0.282 e. The summed E-state index contributed by atoms with van der Waals surface area (Å²) in [6.45, 7) is 4.26. The molecular formula is C26H23BrN4O4. The zero-order chi connectivity index (χ0) is 24.9. The van der Waals surface area contributed by atoms with Crippen LogP contribution < -0.4 is 10.3 Å². The zero-order valence-corrected chi connectivity index (χ0v) is 20.8. The van der Waals surface area contributed by atoms with E-state index in [0.29, 0.717) is 28.0 Å². The first-order chi connectivity index (χ1) is 16.9. The molecule has 4 rings (SSSR count). The minimum absolute atomic E-state index is 0.0354. The lowest BCUT2D eigenvalue weighted by Gasteiger charge is -2.14. The first-order valence-corrected chi connectivity index (χ1v) is 11.9. The molecule has 0 amide bonds. The van der Waals surface area contributed by atoms with Gasteiger partial charge in [-0.05, 0) is 36.2 Å². The summed E-state index contributed by atoms with van der Waals surface area (Å²) in [6.07, 6.45) is 2.17. The quantitative estimate of drug-likeness (QED) is 0.156. The minimum Gasteiger partial charge on any atom is -0.488 e. The molecule has 0 aliphatic heterocycles. The second kappa shape index (κ2) is 10.6. The van der Waals surface area contributed by atoms with Crippen LogP contribution in [0.3, 0.4) is 0 Å². The molecule has 0 saturated heterocycles. The largest absolute Gasteiger partial charge is 0.488 e. The van der Waals surface area contributed by atoms with Crippen molar-refractivity contribution in [1.29, 1.82) is 0 Å². The summed E-state index contributed by atoms with van der Waals surface area (Å²) >= 11 is 3.40. The number of ether oxygens (including phenoxy) is 1. The van der Waals surface area contributed by atoms with Crippen LogP contribution in [-0.4, -0.2) is 20.8 Å². The molecule has 0 fully saturated rings. The molecule has 0 N–H and O–H groups in total. The Morgan fingerprint density at radius 2 is 1.94 bits per heavy atom. The molecular weight excluding hydrogens is 512 g/mol. The third-order valence-electron chi connectivity index (χ3n) is 5.64. The molecule has 0 unspecified atom stereocenters. The Balaban J connectivity index is 1.79. The number of halogens is 1. The number of nitrogens with zero attached hydrogens (tertiary/aromatic N) is 4. The molecule has 178 valence electrons. The standard InChI is InChI=1S/C26H23BrN4O4/c1-3-17(2)25-29-23-11-9-20(27)14-22(23)26(32)30(25)28-15-19-13-21(31(33)34)10-12-24(19)35-16-18-7-5-4-6-8-18/h4-15,17H,3,16H2,1-2H3/t17-/m0/s1. The number of hydrogen-bond acceptors (Lipinski definition) is 6. The number of rotatable bonds is 8. The van der Waals surface area contributed by atoms with Gasteiger partial charge in [-0.3, -0.25) is 14.9 Å². The third kappa shape index (κ3) is 5.46. The summed E-state index contributed by atoms with van der Waals surface area (Å²) in [7, 11) is 0. The van der Waals surface area contributed by atoms with Crippen molar-refractivity contribution in [3.63, 3.8) is 0 Å². The van der Waals surface area contributed by atoms with E-state index in [1.807, 2.05) is 50.2 Å². The fourth-order valence-electron chi connectivity index (χ4n) is 3.52. The summed E-state index contributed by atoms with van der Waals surface area (Å²) in [5.74, 6) is 0.894. The van der Waals surface area contributed by atoms with Gasteiger partial charge in [0.25, 0.3) is 11.2 Å². The van der Waals surface area contributed by atoms with Crippen LogP contribution in [0.25, 0.3) is 10.9 Å². The SMILES string of the molecule is CC[C@H](C)c1nc2ccc(Br)cc2c(=O)n1N=Cc1cc([N+](=O)[O-])ccc1OCc1ccccc1. The van der Waals surface area contributed by atoms with Gasteiger partial charge in [-0.15, -0.1) is 0 Å². The van der Waals surface area contributed by atoms with Crippen molar-refractivity contribution in [2.24, 2.45) is 5.10 Å². The molecule has 0 saturated carbocycles. The van der Waals surface area contributed by atoms with Crippen LogP contribution in [0.1, 0.15) is 43.1 Å². The summed E-state index contributed by atoms with van der Waals surface area (Å²) in [5.41, 5.74) is 1.50. The van der Waals surface area contributed by atoms with Crippen molar-refractivity contribution in [3.8, 4) is 5.75 Å². The summed E-state index contributed by atoms with van der Waals surface area (Å²) in [4.78, 5) is 29.0. The molecule has 9 heteroatoms. The third-order valence-corrected chi connectivity index (χ3v) is 6.13. The van der Waals surface area contributed by atoms with Gasteiger partial charge in [0.05, 0.1) is 22.0 Å². The highest BCUT2D eigenvalue weighted by molar-refractivity contribution is 9.10. The first-order valence-electron chi connectivity index (χ1n) is 11.1. The first kappa shape index (κ1) is 24.3. The van der Waals surface area contributed by atoms with Crippen LogP contribution in [0.4, 0.5) is 5.69 Å². The van der Waals surface area contributed by atoms with Gasteiger partial charge in [-0.25, -0.2) is 4.98 Å². The minimum atomic E-state index is -0.482. The lowest BCUT2D eigenvalue weighted by molar-refractivity contribution is -0.384. The molecule has 35 heavy (non-hydrogen) atoms. The lowest BCUT2D eigenvalue weighted by atomic mass is 10.1. The Bertz CT molecular complexity index is 1470. The highest BCUT2D eigenvalue weighted by Crippen LogP contribution is 2.25. The second-order valence-electron chi connectivity index (χ2n) is 8.06. The average molecular weight is 535 g/mol. The van der Waals surface area contributed by atoms with Crippen molar-refractivity contribution < 1.29 is 9.66 Å². The molecule has 0 aliphatic rings. The van der Waals surface area contributed by atoms with Crippen molar-refractivity contribution in [3.05, 3.63) is 109 Å². The molecule has 0 aliphatic carbocycles. The van der Waals surface area contributed by atoms with Crippen molar-refractivity contribution in [2.75, 3.05) is 0 Å². The molecule has 4 aromatic rings. The molecule has 3 aromatic carbocycles. The van der Waals surface area contributed by atoms with E-state index < -0.39 is 4.92 Å². The van der Waals surface area contributed by atoms with Crippen LogP contribution >= 0.6 is 15.9 Å². The fourth-order valence-corrected chi connectivity index (χ4v) is 3.88. The molecule has 1 aromatic heterocycles. The Labute approximate surface area is 210 Å². The van der Waals surface area contributed by atoms with E-state index in [0.717, 1.165) is 16.5 Å². The molecule has 1 heterocycles. The molecule has 0 bridgehead atoms. The van der Waals surface area contributed by atoms with Gasteiger partial charge in [0.1, 0.15) is 18.2 Å². The predicted octanol–water partition coefficient (Wildman–Crippen LogP) is 6.04. The van der Waals surface area contributed by atoms with E-state index >= 15 is 0 Å². The van der Waals surface area contributed by atoms with Gasteiger partial charge in [-0.1, -0.05) is 60.1 Å². The van der Waals surface area contributed by atoms with Crippen LogP contribution in [0.2, 0.25) is 0 Å². The Hall–Kier alpha value is -3.85.